The molecule has 28 heavy (non-hydrogen) atoms. The van der Waals surface area contributed by atoms with E-state index in [0.717, 1.165) is 23.8 Å². The van der Waals surface area contributed by atoms with Crippen LogP contribution in [0.5, 0.6) is 0 Å². The van der Waals surface area contributed by atoms with E-state index in [1.54, 1.807) is 31.6 Å². The van der Waals surface area contributed by atoms with Gasteiger partial charge in [0, 0.05) is 18.0 Å². The molecule has 0 atom stereocenters. The molecule has 2 rings (SSSR count). The highest BCUT2D eigenvalue weighted by Crippen LogP contribution is 2.34. The third kappa shape index (κ3) is 6.78. The van der Waals surface area contributed by atoms with Crippen LogP contribution in [0.25, 0.3) is 0 Å². The number of nitrogens with zero attached hydrogens (tertiary/aromatic N) is 1. The summed E-state index contributed by atoms with van der Waals surface area (Å²) < 4.78 is 70.9. The van der Waals surface area contributed by atoms with E-state index < -0.39 is 46.8 Å². The van der Waals surface area contributed by atoms with E-state index in [9.17, 15) is 17.6 Å². The summed E-state index contributed by atoms with van der Waals surface area (Å²) in [6.45, 7) is 6.83. The summed E-state index contributed by atoms with van der Waals surface area (Å²) in [6.07, 6.45) is -1.32. The second-order valence-electron chi connectivity index (χ2n) is 7.10. The van der Waals surface area contributed by atoms with Gasteiger partial charge in [0.15, 0.2) is 0 Å². The van der Waals surface area contributed by atoms with Crippen LogP contribution in [0.1, 0.15) is 16.7 Å². The molecular formula is C18H23F4NO3Si2. The Bertz CT molecular complexity index is 786. The van der Waals surface area contributed by atoms with Crippen molar-refractivity contribution in [2.75, 3.05) is 0 Å². The average molecular weight is 434 g/mol. The maximum Gasteiger partial charge on any atom is 0.416 e. The van der Waals surface area contributed by atoms with E-state index in [-0.39, 0.29) is 0 Å². The van der Waals surface area contributed by atoms with Gasteiger partial charge in [0.25, 0.3) is 0 Å². The fourth-order valence-corrected chi connectivity index (χ4v) is 8.82. The molecule has 2 aromatic rings. The number of alkyl halides is 3. The lowest BCUT2D eigenvalue weighted by Gasteiger charge is -2.33. The zero-order valence-electron chi connectivity index (χ0n) is 16.1. The van der Waals surface area contributed by atoms with Crippen molar-refractivity contribution in [3.63, 3.8) is 0 Å². The summed E-state index contributed by atoms with van der Waals surface area (Å²) in [4.78, 5) is 4.01. The summed E-state index contributed by atoms with van der Waals surface area (Å²) in [7, 11) is -5.51. The summed E-state index contributed by atoms with van der Waals surface area (Å²) >= 11 is 0. The number of hydrogen-bond donors (Lipinski definition) is 0. The van der Waals surface area contributed by atoms with Crippen molar-refractivity contribution >= 4 is 17.1 Å². The second-order valence-corrected chi connectivity index (χ2v) is 14.1. The van der Waals surface area contributed by atoms with Crippen molar-refractivity contribution in [2.45, 2.75) is 45.6 Å². The fourth-order valence-electron chi connectivity index (χ4n) is 2.61. The van der Waals surface area contributed by atoms with E-state index in [1.165, 1.54) is 0 Å². The Hall–Kier alpha value is -1.60. The van der Waals surface area contributed by atoms with E-state index in [2.05, 4.69) is 4.98 Å². The zero-order valence-corrected chi connectivity index (χ0v) is 18.1. The molecule has 0 bridgehead atoms. The monoisotopic (exact) mass is 433 g/mol. The van der Waals surface area contributed by atoms with Crippen LogP contribution in [0.2, 0.25) is 26.2 Å². The first-order chi connectivity index (χ1) is 12.9. The Morgan fingerprint density at radius 1 is 0.929 bits per heavy atom. The molecule has 1 aromatic heterocycles. The van der Waals surface area contributed by atoms with Crippen LogP contribution in [0, 0.1) is 5.82 Å². The number of aromatic nitrogens is 1. The molecule has 1 heterocycles. The van der Waals surface area contributed by atoms with Gasteiger partial charge in [0.1, 0.15) is 5.82 Å². The maximum atomic E-state index is 14.0. The predicted molar refractivity (Wildman–Crippen MR) is 101 cm³/mol. The quantitative estimate of drug-likeness (QED) is 0.413. The molecule has 0 saturated heterocycles. The molecular weight excluding hydrogens is 410 g/mol. The molecule has 0 spiro atoms. The molecule has 4 nitrogen and oxygen atoms in total. The van der Waals surface area contributed by atoms with Crippen LogP contribution < -0.4 is 0 Å². The molecule has 0 aliphatic heterocycles. The van der Waals surface area contributed by atoms with Crippen molar-refractivity contribution in [3.05, 3.63) is 65.2 Å². The van der Waals surface area contributed by atoms with Crippen molar-refractivity contribution in [3.8, 4) is 0 Å². The van der Waals surface area contributed by atoms with Gasteiger partial charge in [-0.2, -0.15) is 13.2 Å². The summed E-state index contributed by atoms with van der Waals surface area (Å²) in [5.41, 5.74) is -0.676. The highest BCUT2D eigenvalue weighted by atomic mass is 28.5. The third-order valence-corrected chi connectivity index (χ3v) is 9.40. The van der Waals surface area contributed by atoms with Gasteiger partial charge in [0.05, 0.1) is 18.8 Å². The normalized spacial score (nSPS) is 13.0. The molecule has 0 N–H and O–H groups in total. The maximum absolute atomic E-state index is 14.0. The highest BCUT2D eigenvalue weighted by molar-refractivity contribution is 6.78. The first-order valence-corrected chi connectivity index (χ1v) is 14.2. The predicted octanol–water partition coefficient (Wildman–Crippen LogP) is 5.39. The molecule has 1 aromatic carbocycles. The highest BCUT2D eigenvalue weighted by Gasteiger charge is 2.38. The summed E-state index contributed by atoms with van der Waals surface area (Å²) in [5.74, 6) is -0.955. The molecule has 0 saturated carbocycles. The van der Waals surface area contributed by atoms with Crippen LogP contribution in [0.4, 0.5) is 17.6 Å². The molecule has 154 valence electrons. The Kier molecular flexibility index (Phi) is 7.15. The minimum Gasteiger partial charge on any atom is -0.415 e. The molecule has 0 aliphatic carbocycles. The van der Waals surface area contributed by atoms with Gasteiger partial charge in [-0.15, -0.1) is 0 Å². The van der Waals surface area contributed by atoms with Crippen LogP contribution in [0.15, 0.2) is 42.7 Å². The lowest BCUT2D eigenvalue weighted by atomic mass is 10.1. The molecule has 0 fully saturated rings. The first kappa shape index (κ1) is 22.7. The lowest BCUT2D eigenvalue weighted by molar-refractivity contribution is -0.138. The first-order valence-electron chi connectivity index (χ1n) is 8.61. The molecule has 0 unspecified atom stereocenters. The van der Waals surface area contributed by atoms with Gasteiger partial charge in [-0.1, -0.05) is 12.1 Å². The van der Waals surface area contributed by atoms with Crippen LogP contribution >= 0.6 is 0 Å². The van der Waals surface area contributed by atoms with Crippen LogP contribution in [-0.4, -0.2) is 22.1 Å². The lowest BCUT2D eigenvalue weighted by Crippen LogP contribution is -2.48. The van der Waals surface area contributed by atoms with Gasteiger partial charge in [-0.05, 0) is 50.0 Å². The van der Waals surface area contributed by atoms with Gasteiger partial charge < -0.3 is 13.0 Å². The molecule has 10 heteroatoms. The molecule has 0 amide bonds. The SMILES string of the molecule is C[Si](C)(OCc1cccnc1)O[Si](C)(C)OCc1c(F)cccc1C(F)(F)F. The van der Waals surface area contributed by atoms with E-state index >= 15 is 0 Å². The third-order valence-electron chi connectivity index (χ3n) is 3.79. The van der Waals surface area contributed by atoms with Crippen LogP contribution in [-0.2, 0) is 32.4 Å². The number of hydrogen-bond acceptors (Lipinski definition) is 4. The van der Waals surface area contributed by atoms with Crippen molar-refractivity contribution in [1.29, 1.82) is 0 Å². The van der Waals surface area contributed by atoms with E-state index in [0.29, 0.717) is 6.61 Å². The van der Waals surface area contributed by atoms with E-state index in [4.69, 9.17) is 13.0 Å². The second kappa shape index (κ2) is 8.83. The summed E-state index contributed by atoms with van der Waals surface area (Å²) in [5, 5.41) is 0. The Morgan fingerprint density at radius 2 is 1.57 bits per heavy atom. The number of halogens is 4. The average Bonchev–Trinajstić information content (AvgIpc) is 2.58. The smallest absolute Gasteiger partial charge is 0.415 e. The van der Waals surface area contributed by atoms with Gasteiger partial charge >= 0.3 is 23.3 Å². The van der Waals surface area contributed by atoms with Crippen LogP contribution in [0.3, 0.4) is 0 Å². The van der Waals surface area contributed by atoms with Gasteiger partial charge in [-0.25, -0.2) is 4.39 Å². The molecule has 0 radical (unpaired) electrons. The number of pyridine rings is 1. The largest absolute Gasteiger partial charge is 0.416 e. The zero-order chi connectivity index (χ0) is 21.0. The van der Waals surface area contributed by atoms with E-state index in [1.807, 2.05) is 19.2 Å². The Labute approximate surface area is 164 Å². The van der Waals surface area contributed by atoms with Gasteiger partial charge in [-0.3, -0.25) is 4.98 Å². The minimum atomic E-state index is -4.66. The number of rotatable bonds is 8. The fraction of sp³-hybridized carbons (Fsp3) is 0.389. The number of benzene rings is 1. The standard InChI is InChI=1S/C18H23F4NO3Si2/c1-27(2,24-12-14-7-6-10-23-11-14)26-28(3,4)25-13-15-16(18(20,21)22)8-5-9-17(15)19/h5-11H,12-13H2,1-4H3. The van der Waals surface area contributed by atoms with Crippen molar-refractivity contribution in [1.82, 2.24) is 4.98 Å². The molecule has 0 aliphatic rings. The summed E-state index contributed by atoms with van der Waals surface area (Å²) in [6, 6.07) is 6.52. The van der Waals surface area contributed by atoms with Gasteiger partial charge in [0.2, 0.25) is 0 Å². The Balaban J connectivity index is 2.02. The topological polar surface area (TPSA) is 40.6 Å². The Morgan fingerprint density at radius 3 is 2.14 bits per heavy atom. The minimum absolute atomic E-state index is 0.309. The van der Waals surface area contributed by atoms with Crippen molar-refractivity contribution < 1.29 is 30.5 Å². The van der Waals surface area contributed by atoms with Crippen molar-refractivity contribution in [2.24, 2.45) is 0 Å².